The van der Waals surface area contributed by atoms with E-state index in [-0.39, 0.29) is 30.8 Å². The zero-order valence-corrected chi connectivity index (χ0v) is 18.1. The predicted octanol–water partition coefficient (Wildman–Crippen LogP) is 3.19. The Bertz CT molecular complexity index is 773. The summed E-state index contributed by atoms with van der Waals surface area (Å²) in [5.74, 6) is 0.106. The van der Waals surface area contributed by atoms with Gasteiger partial charge in [0.1, 0.15) is 0 Å². The van der Waals surface area contributed by atoms with Crippen LogP contribution in [0.4, 0.5) is 0 Å². The van der Waals surface area contributed by atoms with Crippen LogP contribution < -0.4 is 9.47 Å². The monoisotopic (exact) mass is 419 g/mol. The average Bonchev–Trinajstić information content (AvgIpc) is 3.34. The molecule has 1 amide bonds. The molecule has 1 saturated carbocycles. The average molecular weight is 420 g/mol. The Kier molecular flexibility index (Phi) is 6.91. The summed E-state index contributed by atoms with van der Waals surface area (Å²) in [4.78, 5) is 25.1. The minimum atomic E-state index is -0.985. The van der Waals surface area contributed by atoms with Gasteiger partial charge in [0.25, 0.3) is 0 Å². The Morgan fingerprint density at radius 3 is 2.53 bits per heavy atom. The number of hydrogen-bond donors (Lipinski definition) is 2. The van der Waals surface area contributed by atoms with Crippen LogP contribution in [0.3, 0.4) is 0 Å². The van der Waals surface area contributed by atoms with Crippen LogP contribution in [-0.2, 0) is 9.59 Å². The number of rotatable bonds is 8. The van der Waals surface area contributed by atoms with Gasteiger partial charge in [-0.25, -0.2) is 0 Å². The zero-order valence-electron chi connectivity index (χ0n) is 18.1. The number of likely N-dealkylation sites (tertiary alicyclic amines) is 1. The number of aliphatic hydroxyl groups is 1. The summed E-state index contributed by atoms with van der Waals surface area (Å²) in [5, 5.41) is 19.5. The van der Waals surface area contributed by atoms with Crippen molar-refractivity contribution >= 4 is 11.9 Å². The highest BCUT2D eigenvalue weighted by Gasteiger charge is 2.48. The van der Waals surface area contributed by atoms with E-state index in [0.717, 1.165) is 18.4 Å². The normalized spacial score (nSPS) is 25.3. The molecule has 7 heteroatoms. The Morgan fingerprint density at radius 2 is 1.93 bits per heavy atom. The standard InChI is InChI=1S/C23H33NO6/c1-15(25)23(2)14-24(21(26)10-11-22(27)28)13-18(23)16-8-9-19(29-3)20(12-16)30-17-6-4-5-7-17/h8-9,12,15,17-18,25H,4-7,10-11,13-14H2,1-3H3,(H,27,28). The van der Waals surface area contributed by atoms with Gasteiger partial charge in [-0.15, -0.1) is 0 Å². The smallest absolute Gasteiger partial charge is 0.303 e. The van der Waals surface area contributed by atoms with E-state index in [1.54, 1.807) is 18.9 Å². The van der Waals surface area contributed by atoms with E-state index in [1.165, 1.54) is 12.8 Å². The summed E-state index contributed by atoms with van der Waals surface area (Å²) in [7, 11) is 1.62. The molecular formula is C23H33NO6. The Balaban J connectivity index is 1.85. The number of aliphatic carboxylic acids is 1. The second-order valence-electron chi connectivity index (χ2n) is 8.84. The summed E-state index contributed by atoms with van der Waals surface area (Å²) < 4.78 is 11.7. The number of hydrogen-bond acceptors (Lipinski definition) is 5. The van der Waals surface area contributed by atoms with Gasteiger partial charge in [0.05, 0.1) is 25.7 Å². The van der Waals surface area contributed by atoms with Gasteiger partial charge in [0, 0.05) is 30.8 Å². The Labute approximate surface area is 178 Å². The molecular weight excluding hydrogens is 386 g/mol. The molecule has 30 heavy (non-hydrogen) atoms. The quantitative estimate of drug-likeness (QED) is 0.672. The van der Waals surface area contributed by atoms with Gasteiger partial charge in [0.2, 0.25) is 5.91 Å². The topological polar surface area (TPSA) is 96.3 Å². The minimum Gasteiger partial charge on any atom is -0.493 e. The maximum absolute atomic E-state index is 12.6. The Morgan fingerprint density at radius 1 is 1.23 bits per heavy atom. The van der Waals surface area contributed by atoms with Crippen molar-refractivity contribution in [2.45, 2.75) is 70.5 Å². The number of aliphatic hydroxyl groups excluding tert-OH is 1. The SMILES string of the molecule is COc1ccc(C2CN(C(=O)CCC(=O)O)CC2(C)C(C)O)cc1OC1CCCC1. The van der Waals surface area contributed by atoms with Crippen molar-refractivity contribution in [3.05, 3.63) is 23.8 Å². The maximum Gasteiger partial charge on any atom is 0.303 e. The highest BCUT2D eigenvalue weighted by atomic mass is 16.5. The fourth-order valence-corrected chi connectivity index (χ4v) is 4.67. The van der Waals surface area contributed by atoms with Gasteiger partial charge in [-0.1, -0.05) is 13.0 Å². The molecule has 1 aromatic rings. The molecule has 166 valence electrons. The van der Waals surface area contributed by atoms with Crippen LogP contribution in [0, 0.1) is 5.41 Å². The van der Waals surface area contributed by atoms with E-state index in [9.17, 15) is 14.7 Å². The summed E-state index contributed by atoms with van der Waals surface area (Å²) in [5.41, 5.74) is 0.443. The lowest BCUT2D eigenvalue weighted by molar-refractivity contribution is -0.140. The maximum atomic E-state index is 12.6. The molecule has 3 unspecified atom stereocenters. The third-order valence-electron chi connectivity index (χ3n) is 6.78. The van der Waals surface area contributed by atoms with Crippen LogP contribution in [0.5, 0.6) is 11.5 Å². The van der Waals surface area contributed by atoms with Gasteiger partial charge in [-0.05, 0) is 50.3 Å². The summed E-state index contributed by atoms with van der Waals surface area (Å²) in [6.45, 7) is 4.56. The first-order valence-electron chi connectivity index (χ1n) is 10.8. The molecule has 1 aliphatic carbocycles. The first-order valence-corrected chi connectivity index (χ1v) is 10.8. The molecule has 1 saturated heterocycles. The molecule has 0 radical (unpaired) electrons. The second kappa shape index (κ2) is 9.25. The lowest BCUT2D eigenvalue weighted by Crippen LogP contribution is -2.38. The van der Waals surface area contributed by atoms with Crippen molar-refractivity contribution in [3.8, 4) is 11.5 Å². The zero-order chi connectivity index (χ0) is 21.9. The number of ether oxygens (including phenoxy) is 2. The van der Waals surface area contributed by atoms with Gasteiger partial charge in [-0.2, -0.15) is 0 Å². The van der Waals surface area contributed by atoms with E-state index in [4.69, 9.17) is 14.6 Å². The van der Waals surface area contributed by atoms with E-state index in [2.05, 4.69) is 0 Å². The van der Waals surface area contributed by atoms with Crippen LogP contribution in [0.15, 0.2) is 18.2 Å². The highest BCUT2D eigenvalue weighted by molar-refractivity contribution is 5.81. The molecule has 7 nitrogen and oxygen atoms in total. The number of carbonyl (C=O) groups excluding carboxylic acids is 1. The molecule has 3 rings (SSSR count). The fourth-order valence-electron chi connectivity index (χ4n) is 4.67. The van der Waals surface area contributed by atoms with E-state index in [0.29, 0.717) is 24.6 Å². The summed E-state index contributed by atoms with van der Waals surface area (Å²) >= 11 is 0. The molecule has 1 aliphatic heterocycles. The minimum absolute atomic E-state index is 0.0312. The third-order valence-corrected chi connectivity index (χ3v) is 6.78. The van der Waals surface area contributed by atoms with Crippen molar-refractivity contribution < 1.29 is 29.3 Å². The van der Waals surface area contributed by atoms with Crippen LogP contribution in [-0.4, -0.2) is 59.4 Å². The highest BCUT2D eigenvalue weighted by Crippen LogP contribution is 2.47. The van der Waals surface area contributed by atoms with Crippen molar-refractivity contribution in [1.29, 1.82) is 0 Å². The van der Waals surface area contributed by atoms with Gasteiger partial charge >= 0.3 is 5.97 Å². The van der Waals surface area contributed by atoms with Crippen LogP contribution in [0.1, 0.15) is 63.9 Å². The van der Waals surface area contributed by atoms with Crippen molar-refractivity contribution in [3.63, 3.8) is 0 Å². The van der Waals surface area contributed by atoms with E-state index >= 15 is 0 Å². The van der Waals surface area contributed by atoms with Gasteiger partial charge < -0.3 is 24.6 Å². The number of carboxylic acids is 1. The lowest BCUT2D eigenvalue weighted by atomic mass is 9.72. The molecule has 1 heterocycles. The fraction of sp³-hybridized carbons (Fsp3) is 0.652. The van der Waals surface area contributed by atoms with Crippen LogP contribution in [0.2, 0.25) is 0 Å². The number of carboxylic acid groups (broad SMARTS) is 1. The van der Waals surface area contributed by atoms with Crippen LogP contribution >= 0.6 is 0 Å². The molecule has 0 aromatic heterocycles. The third kappa shape index (κ3) is 4.72. The number of nitrogens with zero attached hydrogens (tertiary/aromatic N) is 1. The second-order valence-corrected chi connectivity index (χ2v) is 8.84. The predicted molar refractivity (Wildman–Crippen MR) is 112 cm³/mol. The molecule has 2 aliphatic rings. The number of carbonyl (C=O) groups is 2. The number of amides is 1. The lowest BCUT2D eigenvalue weighted by Gasteiger charge is -2.34. The van der Waals surface area contributed by atoms with Crippen molar-refractivity contribution in [1.82, 2.24) is 4.90 Å². The number of methoxy groups -OCH3 is 1. The van der Waals surface area contributed by atoms with E-state index in [1.807, 2.05) is 25.1 Å². The largest absolute Gasteiger partial charge is 0.493 e. The molecule has 2 fully saturated rings. The van der Waals surface area contributed by atoms with Gasteiger partial charge in [0.15, 0.2) is 11.5 Å². The first kappa shape index (κ1) is 22.4. The van der Waals surface area contributed by atoms with E-state index < -0.39 is 17.5 Å². The molecule has 0 bridgehead atoms. The van der Waals surface area contributed by atoms with Crippen molar-refractivity contribution in [2.24, 2.45) is 5.41 Å². The molecule has 2 N–H and O–H groups in total. The van der Waals surface area contributed by atoms with Crippen LogP contribution in [0.25, 0.3) is 0 Å². The van der Waals surface area contributed by atoms with Gasteiger partial charge in [-0.3, -0.25) is 9.59 Å². The Hall–Kier alpha value is -2.28. The first-order chi connectivity index (χ1) is 14.2. The van der Waals surface area contributed by atoms with Crippen molar-refractivity contribution in [2.75, 3.05) is 20.2 Å². The molecule has 3 atom stereocenters. The number of benzene rings is 1. The summed E-state index contributed by atoms with van der Waals surface area (Å²) in [6, 6.07) is 5.83. The molecule has 1 aromatic carbocycles. The molecule has 0 spiro atoms. The summed E-state index contributed by atoms with van der Waals surface area (Å²) in [6.07, 6.45) is 3.74.